The van der Waals surface area contributed by atoms with Crippen molar-refractivity contribution in [1.29, 1.82) is 5.26 Å². The maximum atomic E-state index is 8.77. The molecule has 0 aliphatic carbocycles. The second-order valence-electron chi connectivity index (χ2n) is 4.32. The molecule has 3 nitrogen and oxygen atoms in total. The van der Waals surface area contributed by atoms with Crippen molar-refractivity contribution in [1.82, 2.24) is 5.32 Å². The van der Waals surface area contributed by atoms with Crippen LogP contribution in [0.2, 0.25) is 0 Å². The van der Waals surface area contributed by atoms with Crippen molar-refractivity contribution in [3.63, 3.8) is 0 Å². The van der Waals surface area contributed by atoms with Crippen molar-refractivity contribution in [3.05, 3.63) is 28.2 Å². The van der Waals surface area contributed by atoms with Crippen LogP contribution in [0.4, 0.5) is 5.69 Å². The van der Waals surface area contributed by atoms with E-state index < -0.39 is 0 Å². The molecule has 1 fully saturated rings. The average Bonchev–Trinajstić information content (AvgIpc) is 2.84. The van der Waals surface area contributed by atoms with E-state index >= 15 is 0 Å². The Morgan fingerprint density at radius 1 is 1.53 bits per heavy atom. The lowest BCUT2D eigenvalue weighted by Crippen LogP contribution is -2.24. The van der Waals surface area contributed by atoms with Crippen LogP contribution in [0.15, 0.2) is 22.7 Å². The van der Waals surface area contributed by atoms with Crippen LogP contribution in [0.3, 0.4) is 0 Å². The first-order chi connectivity index (χ1) is 8.29. The Balaban J connectivity index is 1.84. The minimum atomic E-state index is 0.666. The van der Waals surface area contributed by atoms with E-state index in [-0.39, 0.29) is 0 Å². The summed E-state index contributed by atoms with van der Waals surface area (Å²) in [6.07, 6.45) is 3.73. The van der Waals surface area contributed by atoms with Crippen LogP contribution in [0, 0.1) is 11.3 Å². The molecular weight excluding hydrogens is 278 g/mol. The summed E-state index contributed by atoms with van der Waals surface area (Å²) in [5, 5.41) is 15.6. The lowest BCUT2D eigenvalue weighted by Gasteiger charge is -2.12. The monoisotopic (exact) mass is 293 g/mol. The van der Waals surface area contributed by atoms with Gasteiger partial charge in [0.2, 0.25) is 0 Å². The van der Waals surface area contributed by atoms with Crippen molar-refractivity contribution >= 4 is 21.6 Å². The summed E-state index contributed by atoms with van der Waals surface area (Å²) >= 11 is 3.47. The Kier molecular flexibility index (Phi) is 4.41. The van der Waals surface area contributed by atoms with Crippen LogP contribution in [0.25, 0.3) is 0 Å². The van der Waals surface area contributed by atoms with Crippen molar-refractivity contribution in [2.45, 2.75) is 25.3 Å². The van der Waals surface area contributed by atoms with E-state index in [2.05, 4.69) is 32.6 Å². The number of nitrogens with zero attached hydrogens (tertiary/aromatic N) is 1. The lowest BCUT2D eigenvalue weighted by molar-refractivity contribution is 0.574. The topological polar surface area (TPSA) is 47.9 Å². The van der Waals surface area contributed by atoms with Gasteiger partial charge >= 0.3 is 0 Å². The van der Waals surface area contributed by atoms with Gasteiger partial charge in [-0.2, -0.15) is 5.26 Å². The Morgan fingerprint density at radius 3 is 3.06 bits per heavy atom. The third-order valence-corrected chi connectivity index (χ3v) is 3.72. The zero-order valence-corrected chi connectivity index (χ0v) is 11.3. The van der Waals surface area contributed by atoms with Crippen molar-refractivity contribution in [2.75, 3.05) is 18.4 Å². The van der Waals surface area contributed by atoms with Gasteiger partial charge in [0.25, 0.3) is 0 Å². The fraction of sp³-hybridized carbons (Fsp3) is 0.462. The highest BCUT2D eigenvalue weighted by Crippen LogP contribution is 2.23. The molecule has 17 heavy (non-hydrogen) atoms. The molecule has 90 valence electrons. The number of hydrogen-bond donors (Lipinski definition) is 2. The third kappa shape index (κ3) is 3.45. The predicted octanol–water partition coefficient (Wildman–Crippen LogP) is 2.87. The van der Waals surface area contributed by atoms with Gasteiger partial charge in [-0.1, -0.05) is 0 Å². The highest BCUT2D eigenvalue weighted by molar-refractivity contribution is 9.10. The highest BCUT2D eigenvalue weighted by Gasteiger charge is 2.13. The van der Waals surface area contributed by atoms with E-state index in [1.54, 1.807) is 0 Å². The summed E-state index contributed by atoms with van der Waals surface area (Å²) in [7, 11) is 0. The third-order valence-electron chi connectivity index (χ3n) is 3.07. The van der Waals surface area contributed by atoms with Crippen LogP contribution < -0.4 is 10.6 Å². The first-order valence-corrected chi connectivity index (χ1v) is 6.76. The van der Waals surface area contributed by atoms with Crippen LogP contribution in [0.1, 0.15) is 24.8 Å². The Labute approximate surface area is 110 Å². The van der Waals surface area contributed by atoms with E-state index in [1.165, 1.54) is 12.8 Å². The minimum Gasteiger partial charge on any atom is -0.384 e. The van der Waals surface area contributed by atoms with Gasteiger partial charge in [-0.25, -0.2) is 0 Å². The number of halogens is 1. The SMILES string of the molecule is N#Cc1ccc(NCC[C@@H]2CCCN2)c(Br)c1. The molecule has 1 saturated heterocycles. The molecule has 1 aromatic carbocycles. The summed E-state index contributed by atoms with van der Waals surface area (Å²) in [5.74, 6) is 0. The summed E-state index contributed by atoms with van der Waals surface area (Å²) in [6, 6.07) is 8.42. The molecule has 1 aliphatic heterocycles. The molecule has 0 saturated carbocycles. The standard InChI is InChI=1S/C13H16BrN3/c14-12-8-10(9-15)3-4-13(12)17-7-5-11-2-1-6-16-11/h3-4,8,11,16-17H,1-2,5-7H2/t11-/m0/s1. The molecule has 0 unspecified atom stereocenters. The van der Waals surface area contributed by atoms with E-state index in [0.717, 1.165) is 29.7 Å². The van der Waals surface area contributed by atoms with Gasteiger partial charge < -0.3 is 10.6 Å². The molecule has 0 amide bonds. The van der Waals surface area contributed by atoms with Gasteiger partial charge in [-0.05, 0) is 59.9 Å². The summed E-state index contributed by atoms with van der Waals surface area (Å²) < 4.78 is 0.955. The van der Waals surface area contributed by atoms with Gasteiger partial charge in [0, 0.05) is 22.7 Å². The predicted molar refractivity (Wildman–Crippen MR) is 73.0 cm³/mol. The van der Waals surface area contributed by atoms with E-state index in [1.807, 2.05) is 18.2 Å². The van der Waals surface area contributed by atoms with Crippen LogP contribution in [0.5, 0.6) is 0 Å². The molecule has 0 radical (unpaired) electrons. The zero-order valence-electron chi connectivity index (χ0n) is 9.67. The molecule has 0 aromatic heterocycles. The van der Waals surface area contributed by atoms with Crippen LogP contribution >= 0.6 is 15.9 Å². The highest BCUT2D eigenvalue weighted by atomic mass is 79.9. The number of benzene rings is 1. The quantitative estimate of drug-likeness (QED) is 0.897. The second kappa shape index (κ2) is 6.04. The molecule has 0 spiro atoms. The molecule has 2 rings (SSSR count). The molecule has 1 aromatic rings. The van der Waals surface area contributed by atoms with Crippen LogP contribution in [-0.4, -0.2) is 19.1 Å². The second-order valence-corrected chi connectivity index (χ2v) is 5.17. The zero-order chi connectivity index (χ0) is 12.1. The maximum Gasteiger partial charge on any atom is 0.0992 e. The smallest absolute Gasteiger partial charge is 0.0992 e. The van der Waals surface area contributed by atoms with Crippen molar-refractivity contribution in [2.24, 2.45) is 0 Å². The molecule has 1 aliphatic rings. The summed E-state index contributed by atoms with van der Waals surface area (Å²) in [4.78, 5) is 0. The molecule has 1 atom stereocenters. The van der Waals surface area contributed by atoms with Gasteiger partial charge in [0.1, 0.15) is 0 Å². The lowest BCUT2D eigenvalue weighted by atomic mass is 10.1. The Bertz CT molecular complexity index is 419. The number of anilines is 1. The number of nitrogens with one attached hydrogen (secondary N) is 2. The van der Waals surface area contributed by atoms with E-state index in [0.29, 0.717) is 11.6 Å². The first kappa shape index (κ1) is 12.4. The molecule has 1 heterocycles. The Morgan fingerprint density at radius 2 is 2.41 bits per heavy atom. The van der Waals surface area contributed by atoms with Gasteiger partial charge in [-0.15, -0.1) is 0 Å². The average molecular weight is 294 g/mol. The minimum absolute atomic E-state index is 0.666. The molecular formula is C13H16BrN3. The number of nitriles is 1. The molecule has 2 N–H and O–H groups in total. The number of rotatable bonds is 4. The van der Waals surface area contributed by atoms with Gasteiger partial charge in [0.05, 0.1) is 11.6 Å². The fourth-order valence-electron chi connectivity index (χ4n) is 2.11. The number of hydrogen-bond acceptors (Lipinski definition) is 3. The van der Waals surface area contributed by atoms with E-state index in [9.17, 15) is 0 Å². The fourth-order valence-corrected chi connectivity index (χ4v) is 2.63. The summed E-state index contributed by atoms with van der Waals surface area (Å²) in [6.45, 7) is 2.12. The van der Waals surface area contributed by atoms with Crippen molar-refractivity contribution in [3.8, 4) is 6.07 Å². The maximum absolute atomic E-state index is 8.77. The Hall–Kier alpha value is -1.05. The van der Waals surface area contributed by atoms with E-state index in [4.69, 9.17) is 5.26 Å². The van der Waals surface area contributed by atoms with Gasteiger partial charge in [0.15, 0.2) is 0 Å². The normalized spacial score (nSPS) is 18.9. The van der Waals surface area contributed by atoms with Crippen LogP contribution in [-0.2, 0) is 0 Å². The van der Waals surface area contributed by atoms with Gasteiger partial charge in [-0.3, -0.25) is 0 Å². The van der Waals surface area contributed by atoms with Crippen molar-refractivity contribution < 1.29 is 0 Å². The molecule has 0 bridgehead atoms. The first-order valence-electron chi connectivity index (χ1n) is 5.96. The largest absolute Gasteiger partial charge is 0.384 e. The summed E-state index contributed by atoms with van der Waals surface area (Å²) in [5.41, 5.74) is 1.74. The molecule has 4 heteroatoms.